The molecular formula is C49H31N7. The Morgan fingerprint density at radius 2 is 0.607 bits per heavy atom. The Labute approximate surface area is 324 Å². The number of nitrogens with zero attached hydrogens (tertiary/aromatic N) is 7. The second-order valence-electron chi connectivity index (χ2n) is 13.1. The van der Waals surface area contributed by atoms with Crippen LogP contribution in [0.4, 0.5) is 0 Å². The molecule has 0 atom stereocenters. The van der Waals surface area contributed by atoms with Crippen molar-refractivity contribution in [2.75, 3.05) is 0 Å². The van der Waals surface area contributed by atoms with Crippen molar-refractivity contribution < 1.29 is 0 Å². The van der Waals surface area contributed by atoms with E-state index in [0.29, 0.717) is 40.5 Å². The maximum Gasteiger partial charge on any atom is 0.164 e. The van der Waals surface area contributed by atoms with Crippen molar-refractivity contribution in [3.63, 3.8) is 0 Å². The van der Waals surface area contributed by atoms with Crippen LogP contribution in [0.1, 0.15) is 5.56 Å². The van der Waals surface area contributed by atoms with Crippen molar-refractivity contribution in [2.24, 2.45) is 0 Å². The first-order valence-electron chi connectivity index (χ1n) is 18.2. The van der Waals surface area contributed by atoms with Crippen molar-refractivity contribution in [1.82, 2.24) is 29.9 Å². The van der Waals surface area contributed by atoms with Crippen LogP contribution in [-0.4, -0.2) is 29.9 Å². The van der Waals surface area contributed by atoms with Crippen LogP contribution in [0.5, 0.6) is 0 Å². The van der Waals surface area contributed by atoms with Gasteiger partial charge in [-0.1, -0.05) is 164 Å². The van der Waals surface area contributed by atoms with E-state index < -0.39 is 0 Å². The molecule has 0 saturated carbocycles. The van der Waals surface area contributed by atoms with E-state index in [-0.39, 0.29) is 0 Å². The molecule has 9 rings (SSSR count). The van der Waals surface area contributed by atoms with Crippen LogP contribution >= 0.6 is 0 Å². The van der Waals surface area contributed by atoms with Crippen LogP contribution in [0.15, 0.2) is 188 Å². The monoisotopic (exact) mass is 717 g/mol. The summed E-state index contributed by atoms with van der Waals surface area (Å²) in [6.07, 6.45) is 0. The highest BCUT2D eigenvalue weighted by atomic mass is 15.0. The Morgan fingerprint density at radius 3 is 1.02 bits per heavy atom. The molecule has 0 bridgehead atoms. The van der Waals surface area contributed by atoms with Crippen molar-refractivity contribution >= 4 is 0 Å². The van der Waals surface area contributed by atoms with Gasteiger partial charge < -0.3 is 0 Å². The lowest BCUT2D eigenvalue weighted by Gasteiger charge is -2.16. The minimum Gasteiger partial charge on any atom is -0.208 e. The maximum atomic E-state index is 9.63. The van der Waals surface area contributed by atoms with Gasteiger partial charge in [0, 0.05) is 33.4 Å². The summed E-state index contributed by atoms with van der Waals surface area (Å²) < 4.78 is 0. The topological polar surface area (TPSA) is 101 Å². The van der Waals surface area contributed by atoms with Crippen LogP contribution in [0.2, 0.25) is 0 Å². The molecular weight excluding hydrogens is 687 g/mol. The van der Waals surface area contributed by atoms with Crippen molar-refractivity contribution in [3.05, 3.63) is 194 Å². The van der Waals surface area contributed by atoms with Gasteiger partial charge in [-0.2, -0.15) is 5.26 Å². The summed E-state index contributed by atoms with van der Waals surface area (Å²) in [5, 5.41) is 9.63. The van der Waals surface area contributed by atoms with Crippen molar-refractivity contribution in [2.45, 2.75) is 0 Å². The number of benzene rings is 7. The van der Waals surface area contributed by atoms with Crippen molar-refractivity contribution in [3.8, 4) is 96.7 Å². The van der Waals surface area contributed by atoms with Crippen molar-refractivity contribution in [1.29, 1.82) is 5.26 Å². The predicted molar refractivity (Wildman–Crippen MR) is 221 cm³/mol. The highest BCUT2D eigenvalue weighted by Crippen LogP contribution is 2.39. The van der Waals surface area contributed by atoms with E-state index in [1.165, 1.54) is 0 Å². The second kappa shape index (κ2) is 15.2. The fourth-order valence-corrected chi connectivity index (χ4v) is 6.66. The molecule has 0 unspecified atom stereocenters. The Bertz CT molecular complexity index is 2720. The Balaban J connectivity index is 1.24. The molecule has 7 heteroatoms. The third-order valence-corrected chi connectivity index (χ3v) is 9.46. The van der Waals surface area contributed by atoms with Crippen LogP contribution in [0, 0.1) is 11.3 Å². The SMILES string of the molecule is N#Cc1ccc(-c2cc(-c3ccccc3-c3nc(-c4ccccc4)nc(-c4ccccc4)n3)ccc2-c2nc(-c3ccccc3)nc(-c3ccccc3)n2)cc1. The molecule has 0 saturated heterocycles. The van der Waals surface area contributed by atoms with E-state index in [9.17, 15) is 5.26 Å². The molecule has 0 amide bonds. The first-order valence-corrected chi connectivity index (χ1v) is 18.2. The highest BCUT2D eigenvalue weighted by Gasteiger charge is 2.20. The quantitative estimate of drug-likeness (QED) is 0.154. The van der Waals surface area contributed by atoms with Gasteiger partial charge in [0.25, 0.3) is 0 Å². The molecule has 2 aromatic heterocycles. The first kappa shape index (κ1) is 33.9. The van der Waals surface area contributed by atoms with Crippen LogP contribution < -0.4 is 0 Å². The largest absolute Gasteiger partial charge is 0.208 e. The number of hydrogen-bond acceptors (Lipinski definition) is 7. The van der Waals surface area contributed by atoms with Crippen LogP contribution in [-0.2, 0) is 0 Å². The van der Waals surface area contributed by atoms with Gasteiger partial charge in [-0.25, -0.2) is 29.9 Å². The van der Waals surface area contributed by atoms with Gasteiger partial charge in [-0.3, -0.25) is 0 Å². The Kier molecular flexibility index (Phi) is 9.18. The van der Waals surface area contributed by atoms with Crippen LogP contribution in [0.3, 0.4) is 0 Å². The molecule has 56 heavy (non-hydrogen) atoms. The minimum atomic E-state index is 0.536. The smallest absolute Gasteiger partial charge is 0.164 e. The number of nitriles is 1. The summed E-state index contributed by atoms with van der Waals surface area (Å²) in [6, 6.07) is 64.2. The maximum absolute atomic E-state index is 9.63. The standard InChI is InChI=1S/C49H31N7/c50-32-33-25-27-34(28-26-33)43-31-39(29-30-42(43)49-55-46(37-19-9-3-10-20-37)52-47(56-49)38-21-11-4-12-22-38)40-23-13-14-24-41(40)48-53-44(35-15-5-1-6-16-35)51-45(54-48)36-17-7-2-8-18-36/h1-31H. The van der Waals surface area contributed by atoms with E-state index in [1.807, 2.05) is 164 Å². The Morgan fingerprint density at radius 1 is 0.268 bits per heavy atom. The molecule has 2 heterocycles. The molecule has 0 radical (unpaired) electrons. The van der Waals surface area contributed by atoms with Gasteiger partial charge in [0.1, 0.15) is 0 Å². The molecule has 0 fully saturated rings. The summed E-state index contributed by atoms with van der Waals surface area (Å²) in [4.78, 5) is 30.0. The third-order valence-electron chi connectivity index (χ3n) is 9.46. The lowest BCUT2D eigenvalue weighted by Crippen LogP contribution is -2.02. The van der Waals surface area contributed by atoms with Crippen LogP contribution in [0.25, 0.3) is 90.6 Å². The van der Waals surface area contributed by atoms with Gasteiger partial charge in [-0.15, -0.1) is 0 Å². The van der Waals surface area contributed by atoms with Gasteiger partial charge >= 0.3 is 0 Å². The number of aromatic nitrogens is 6. The summed E-state index contributed by atoms with van der Waals surface area (Å²) in [5.74, 6) is 3.44. The predicted octanol–water partition coefficient (Wildman–Crippen LogP) is 11.3. The van der Waals surface area contributed by atoms with Gasteiger partial charge in [-0.05, 0) is 46.5 Å². The molecule has 9 aromatic rings. The molecule has 0 N–H and O–H groups in total. The van der Waals surface area contributed by atoms with E-state index in [4.69, 9.17) is 29.9 Å². The van der Waals surface area contributed by atoms with E-state index >= 15 is 0 Å². The molecule has 0 aliphatic heterocycles. The third kappa shape index (κ3) is 6.94. The summed E-state index contributed by atoms with van der Waals surface area (Å²) in [5.41, 5.74) is 9.56. The van der Waals surface area contributed by atoms with Gasteiger partial charge in [0.2, 0.25) is 0 Å². The fraction of sp³-hybridized carbons (Fsp3) is 0. The van der Waals surface area contributed by atoms with Gasteiger partial charge in [0.05, 0.1) is 11.6 Å². The average Bonchev–Trinajstić information content (AvgIpc) is 3.29. The molecule has 0 aliphatic rings. The van der Waals surface area contributed by atoms with E-state index in [2.05, 4.69) is 30.3 Å². The number of rotatable bonds is 8. The average molecular weight is 718 g/mol. The molecule has 262 valence electrons. The summed E-state index contributed by atoms with van der Waals surface area (Å²) in [6.45, 7) is 0. The molecule has 7 aromatic carbocycles. The lowest BCUT2D eigenvalue weighted by atomic mass is 9.91. The molecule has 7 nitrogen and oxygen atoms in total. The zero-order valence-electron chi connectivity index (χ0n) is 30.0. The lowest BCUT2D eigenvalue weighted by molar-refractivity contribution is 1.07. The molecule has 0 aliphatic carbocycles. The zero-order valence-corrected chi connectivity index (χ0v) is 30.0. The van der Waals surface area contributed by atoms with E-state index in [1.54, 1.807) is 0 Å². The normalized spacial score (nSPS) is 10.8. The summed E-state index contributed by atoms with van der Waals surface area (Å²) in [7, 11) is 0. The second-order valence-corrected chi connectivity index (χ2v) is 13.1. The van der Waals surface area contributed by atoms with E-state index in [0.717, 1.165) is 55.6 Å². The molecule has 0 spiro atoms. The first-order chi connectivity index (χ1) is 27.7. The minimum absolute atomic E-state index is 0.536. The summed E-state index contributed by atoms with van der Waals surface area (Å²) >= 11 is 0. The highest BCUT2D eigenvalue weighted by molar-refractivity contribution is 5.89. The number of hydrogen-bond donors (Lipinski definition) is 0. The Hall–Kier alpha value is -7.95. The fourth-order valence-electron chi connectivity index (χ4n) is 6.66. The zero-order chi connectivity index (χ0) is 37.7. The van der Waals surface area contributed by atoms with Gasteiger partial charge in [0.15, 0.2) is 34.9 Å².